The quantitative estimate of drug-likeness (QED) is 0.349. The Hall–Kier alpha value is -2.54. The summed E-state index contributed by atoms with van der Waals surface area (Å²) in [5.41, 5.74) is -0.195. The molecule has 0 saturated carbocycles. The number of carbonyl (C=O) groups is 2. The van der Waals surface area contributed by atoms with Crippen molar-refractivity contribution in [2.45, 2.75) is 37.4 Å². The highest BCUT2D eigenvalue weighted by Crippen LogP contribution is 2.45. The fraction of sp³-hybridized carbons (Fsp3) is 0.250. The predicted octanol–water partition coefficient (Wildman–Crippen LogP) is 5.74. The highest BCUT2D eigenvalue weighted by atomic mass is 35.5. The fourth-order valence-corrected chi connectivity index (χ4v) is 5.20. The van der Waals surface area contributed by atoms with Crippen LogP contribution in [0, 0.1) is 0 Å². The van der Waals surface area contributed by atoms with Gasteiger partial charge in [-0.1, -0.05) is 41.9 Å². The van der Waals surface area contributed by atoms with Crippen molar-refractivity contribution in [2.75, 3.05) is 6.61 Å². The van der Waals surface area contributed by atoms with Crippen molar-refractivity contribution in [3.8, 4) is 0 Å². The van der Waals surface area contributed by atoms with Crippen LogP contribution in [0.25, 0.3) is 0 Å². The fourth-order valence-electron chi connectivity index (χ4n) is 3.16. The lowest BCUT2D eigenvalue weighted by Crippen LogP contribution is -2.40. The van der Waals surface area contributed by atoms with Gasteiger partial charge in [0, 0.05) is 17.6 Å². The molecule has 1 aliphatic rings. The second-order valence-electron chi connectivity index (χ2n) is 7.26. The van der Waals surface area contributed by atoms with Crippen LogP contribution in [-0.4, -0.2) is 29.1 Å². The van der Waals surface area contributed by atoms with Gasteiger partial charge >= 0.3 is 5.97 Å². The molecular formula is C24H25ClO5S. The summed E-state index contributed by atoms with van der Waals surface area (Å²) in [5.74, 6) is -0.740. The minimum atomic E-state index is -1.58. The Bertz CT molecular complexity index is 1020. The molecule has 31 heavy (non-hydrogen) atoms. The molecule has 5 nitrogen and oxygen atoms in total. The number of thiol groups is 1. The Labute approximate surface area is 189 Å². The van der Waals surface area contributed by atoms with Gasteiger partial charge in [0.25, 0.3) is 0 Å². The van der Waals surface area contributed by atoms with Crippen molar-refractivity contribution in [2.24, 2.45) is 0 Å². The molecule has 164 valence electrons. The van der Waals surface area contributed by atoms with E-state index in [1.807, 2.05) is 42.5 Å². The molecule has 0 saturated heterocycles. The first-order valence-electron chi connectivity index (χ1n) is 9.87. The molecule has 1 N–H and O–H groups in total. The minimum absolute atomic E-state index is 0.195. The summed E-state index contributed by atoms with van der Waals surface area (Å²) in [6.07, 6.45) is 1.66. The lowest BCUT2D eigenvalue weighted by Gasteiger charge is -2.24. The van der Waals surface area contributed by atoms with Crippen LogP contribution in [0.3, 0.4) is 0 Å². The maximum absolute atomic E-state index is 12.7. The van der Waals surface area contributed by atoms with Crippen LogP contribution in [0.15, 0.2) is 76.1 Å². The summed E-state index contributed by atoms with van der Waals surface area (Å²) in [5, 5.41) is 13.9. The third-order valence-corrected chi connectivity index (χ3v) is 7.07. The summed E-state index contributed by atoms with van der Waals surface area (Å²) in [4.78, 5) is 25.2. The molecule has 0 amide bonds. The second kappa shape index (κ2) is 10.2. The summed E-state index contributed by atoms with van der Waals surface area (Å²) >= 11 is 6.39. The van der Waals surface area contributed by atoms with Crippen molar-refractivity contribution in [3.05, 3.63) is 87.3 Å². The maximum Gasteiger partial charge on any atom is 0.336 e. The molecular weight excluding hydrogens is 436 g/mol. The van der Waals surface area contributed by atoms with E-state index in [0.29, 0.717) is 17.2 Å². The number of aliphatic carboxylic acids is 1. The van der Waals surface area contributed by atoms with Crippen molar-refractivity contribution in [1.29, 1.82) is 0 Å². The Balaban J connectivity index is 1.68. The number of rotatable bonds is 10. The number of hydrogen-bond donors (Lipinski definition) is 2. The lowest BCUT2D eigenvalue weighted by atomic mass is 9.95. The van der Waals surface area contributed by atoms with E-state index >= 15 is 0 Å². The Morgan fingerprint density at radius 3 is 2.55 bits per heavy atom. The average molecular weight is 461 g/mol. The zero-order chi connectivity index (χ0) is 22.4. The Morgan fingerprint density at radius 2 is 1.90 bits per heavy atom. The number of Topliss-reactive ketones (excluding diaryl/α,β-unsaturated/α-hetero) is 1. The third kappa shape index (κ3) is 5.79. The van der Waals surface area contributed by atoms with Gasteiger partial charge in [0.05, 0.1) is 11.4 Å². The molecule has 1 aliphatic heterocycles. The van der Waals surface area contributed by atoms with Crippen molar-refractivity contribution >= 4 is 34.2 Å². The number of carbonyl (C=O) groups excluding carboxylic acids is 1. The van der Waals surface area contributed by atoms with Crippen LogP contribution in [-0.2, 0) is 20.9 Å². The number of carboxylic acid groups (broad SMARTS) is 1. The van der Waals surface area contributed by atoms with Gasteiger partial charge in [-0.3, -0.25) is 4.79 Å². The molecule has 2 unspecified atom stereocenters. The van der Waals surface area contributed by atoms with E-state index in [1.54, 1.807) is 19.1 Å². The first kappa shape index (κ1) is 23.1. The monoisotopic (exact) mass is 460 g/mol. The number of carboxylic acids is 1. The second-order valence-corrected chi connectivity index (χ2v) is 9.56. The van der Waals surface area contributed by atoms with E-state index in [-0.39, 0.29) is 18.8 Å². The molecule has 0 aromatic heterocycles. The molecule has 2 aromatic carbocycles. The van der Waals surface area contributed by atoms with Gasteiger partial charge in [-0.15, -0.1) is 0 Å². The van der Waals surface area contributed by atoms with Gasteiger partial charge in [0.1, 0.15) is 12.4 Å². The standard InChI is InChI=1S/C24H25ClO5S/c1-3-30-24(2,23(27)28)14-22(26)20-10-9-19(13-21(20)25)31-12-11-18(16-31)29-15-17-7-5-4-6-8-17/h4-13,16,31H,3,14-15H2,1-2H3,(H,27,28). The highest BCUT2D eigenvalue weighted by molar-refractivity contribution is 8.22. The topological polar surface area (TPSA) is 72.8 Å². The van der Waals surface area contributed by atoms with Crippen molar-refractivity contribution in [1.82, 2.24) is 0 Å². The zero-order valence-electron chi connectivity index (χ0n) is 17.4. The minimum Gasteiger partial charge on any atom is -0.488 e. The molecule has 0 spiro atoms. The van der Waals surface area contributed by atoms with Gasteiger partial charge < -0.3 is 14.6 Å². The van der Waals surface area contributed by atoms with Crippen LogP contribution in [0.2, 0.25) is 5.02 Å². The summed E-state index contributed by atoms with van der Waals surface area (Å²) in [6.45, 7) is 3.78. The van der Waals surface area contributed by atoms with E-state index in [2.05, 4.69) is 10.8 Å². The van der Waals surface area contributed by atoms with Crippen LogP contribution < -0.4 is 0 Å². The number of ketones is 1. The molecule has 2 atom stereocenters. The van der Waals surface area contributed by atoms with Gasteiger partial charge in [-0.2, -0.15) is 10.9 Å². The van der Waals surface area contributed by atoms with E-state index < -0.39 is 22.5 Å². The number of hydrogen-bond acceptors (Lipinski definition) is 4. The predicted molar refractivity (Wildman–Crippen MR) is 124 cm³/mol. The largest absolute Gasteiger partial charge is 0.488 e. The summed E-state index contributed by atoms with van der Waals surface area (Å²) in [6, 6.07) is 15.2. The highest BCUT2D eigenvalue weighted by Gasteiger charge is 2.37. The van der Waals surface area contributed by atoms with Crippen LogP contribution in [0.5, 0.6) is 0 Å². The lowest BCUT2D eigenvalue weighted by molar-refractivity contribution is -0.162. The molecule has 0 bridgehead atoms. The van der Waals surface area contributed by atoms with Crippen LogP contribution >= 0.6 is 22.5 Å². The summed E-state index contributed by atoms with van der Waals surface area (Å²) < 4.78 is 11.2. The smallest absolute Gasteiger partial charge is 0.336 e. The molecule has 0 radical (unpaired) electrons. The third-order valence-electron chi connectivity index (χ3n) is 4.88. The number of halogens is 1. The first-order valence-corrected chi connectivity index (χ1v) is 11.7. The van der Waals surface area contributed by atoms with Gasteiger partial charge in [0.2, 0.25) is 0 Å². The SMILES string of the molecule is CCOC(C)(CC(=O)c1ccc([SH]2C=CC(OCc3ccccc3)=C2)cc1Cl)C(=O)O. The molecule has 2 aromatic rings. The first-order chi connectivity index (χ1) is 14.8. The van der Waals surface area contributed by atoms with Gasteiger partial charge in [-0.25, -0.2) is 4.79 Å². The Kier molecular flexibility index (Phi) is 7.59. The van der Waals surface area contributed by atoms with E-state index in [1.165, 1.54) is 6.92 Å². The van der Waals surface area contributed by atoms with Gasteiger partial charge in [0.15, 0.2) is 11.4 Å². The molecule has 0 fully saturated rings. The molecule has 0 aliphatic carbocycles. The van der Waals surface area contributed by atoms with Crippen molar-refractivity contribution < 1.29 is 24.2 Å². The number of ether oxygens (including phenoxy) is 2. The number of benzene rings is 2. The average Bonchev–Trinajstić information content (AvgIpc) is 3.22. The van der Waals surface area contributed by atoms with Crippen LogP contribution in [0.1, 0.15) is 36.2 Å². The molecule has 7 heteroatoms. The van der Waals surface area contributed by atoms with Crippen molar-refractivity contribution in [3.63, 3.8) is 0 Å². The van der Waals surface area contributed by atoms with E-state index in [9.17, 15) is 14.7 Å². The maximum atomic E-state index is 12.7. The normalized spacial score (nSPS) is 18.3. The zero-order valence-corrected chi connectivity index (χ0v) is 19.0. The summed E-state index contributed by atoms with van der Waals surface area (Å²) in [7, 11) is -0.733. The van der Waals surface area contributed by atoms with E-state index in [4.69, 9.17) is 21.1 Å². The van der Waals surface area contributed by atoms with Crippen LogP contribution in [0.4, 0.5) is 0 Å². The van der Waals surface area contributed by atoms with E-state index in [0.717, 1.165) is 16.2 Å². The molecule has 1 heterocycles. The molecule has 3 rings (SSSR count). The number of allylic oxidation sites excluding steroid dienone is 1. The Morgan fingerprint density at radius 1 is 1.16 bits per heavy atom. The van der Waals surface area contributed by atoms with Gasteiger partial charge in [-0.05, 0) is 54.0 Å².